The first-order valence-corrected chi connectivity index (χ1v) is 6.96. The zero-order valence-electron chi connectivity index (χ0n) is 13.4. The van der Waals surface area contributed by atoms with Gasteiger partial charge in [-0.1, -0.05) is 26.8 Å². The molecular weight excluding hydrogens is 256 g/mol. The van der Waals surface area contributed by atoms with Crippen molar-refractivity contribution >= 4 is 12.6 Å². The van der Waals surface area contributed by atoms with Crippen molar-refractivity contribution in [1.29, 1.82) is 0 Å². The van der Waals surface area contributed by atoms with Crippen LogP contribution in [0.15, 0.2) is 12.3 Å². The first-order chi connectivity index (χ1) is 8.94. The monoisotopic (exact) mass is 279 g/mol. The van der Waals surface area contributed by atoms with E-state index in [1.165, 1.54) is 6.20 Å². The summed E-state index contributed by atoms with van der Waals surface area (Å²) in [5.41, 5.74) is 0.207. The third-order valence-electron chi connectivity index (χ3n) is 4.19. The van der Waals surface area contributed by atoms with E-state index < -0.39 is 24.3 Å². The van der Waals surface area contributed by atoms with Crippen LogP contribution in [-0.2, 0) is 14.7 Å². The molecule has 0 aromatic carbocycles. The van der Waals surface area contributed by atoms with Gasteiger partial charge in [0.05, 0.1) is 11.2 Å². The minimum Gasteiger partial charge on any atom is -0.399 e. The van der Waals surface area contributed by atoms with Gasteiger partial charge in [0.2, 0.25) is 5.95 Å². The summed E-state index contributed by atoms with van der Waals surface area (Å²) in [4.78, 5) is 3.86. The third-order valence-corrected chi connectivity index (χ3v) is 4.19. The van der Waals surface area contributed by atoms with Crippen LogP contribution < -0.4 is 5.46 Å². The molecule has 20 heavy (non-hydrogen) atoms. The van der Waals surface area contributed by atoms with Gasteiger partial charge in [-0.25, -0.2) is 4.98 Å². The average Bonchev–Trinajstić information content (AvgIpc) is 2.47. The maximum atomic E-state index is 13.9. The van der Waals surface area contributed by atoms with Crippen LogP contribution in [-0.4, -0.2) is 23.3 Å². The van der Waals surface area contributed by atoms with E-state index in [-0.39, 0.29) is 5.41 Å². The summed E-state index contributed by atoms with van der Waals surface area (Å²) in [5.74, 6) is -0.433. The Kier molecular flexibility index (Phi) is 3.50. The predicted octanol–water partition coefficient (Wildman–Crippen LogP) is 2.82. The van der Waals surface area contributed by atoms with Crippen molar-refractivity contribution in [2.45, 2.75) is 65.1 Å². The van der Waals surface area contributed by atoms with Crippen LogP contribution in [0.4, 0.5) is 4.39 Å². The van der Waals surface area contributed by atoms with Crippen LogP contribution in [0.5, 0.6) is 0 Å². The van der Waals surface area contributed by atoms with E-state index >= 15 is 0 Å². The molecule has 0 unspecified atom stereocenters. The minimum absolute atomic E-state index is 0.309. The fourth-order valence-corrected chi connectivity index (χ4v) is 2.10. The second-order valence-electron chi connectivity index (χ2n) is 7.45. The predicted molar refractivity (Wildman–Crippen MR) is 78.6 cm³/mol. The Balaban J connectivity index is 2.37. The van der Waals surface area contributed by atoms with Crippen LogP contribution in [0, 0.1) is 5.95 Å². The molecule has 1 aromatic rings. The van der Waals surface area contributed by atoms with Gasteiger partial charge in [0.25, 0.3) is 0 Å². The number of hydrogen-bond acceptors (Lipinski definition) is 3. The van der Waals surface area contributed by atoms with Gasteiger partial charge in [0.1, 0.15) is 0 Å². The molecule has 0 aliphatic carbocycles. The second kappa shape index (κ2) is 4.53. The summed E-state index contributed by atoms with van der Waals surface area (Å²) < 4.78 is 25.8. The normalized spacial score (nSPS) is 21.3. The van der Waals surface area contributed by atoms with E-state index in [0.717, 1.165) is 5.46 Å². The molecule has 1 aliphatic rings. The zero-order chi connectivity index (χ0) is 15.3. The Bertz CT molecular complexity index is 507. The molecule has 0 bridgehead atoms. The summed E-state index contributed by atoms with van der Waals surface area (Å²) in [6, 6.07) is 1.80. The molecule has 5 heteroatoms. The Morgan fingerprint density at radius 3 is 2.05 bits per heavy atom. The van der Waals surface area contributed by atoms with E-state index in [2.05, 4.69) is 4.98 Å². The van der Waals surface area contributed by atoms with Gasteiger partial charge in [-0.2, -0.15) is 4.39 Å². The van der Waals surface area contributed by atoms with Crippen molar-refractivity contribution in [3.63, 3.8) is 0 Å². The Morgan fingerprint density at radius 1 is 1.10 bits per heavy atom. The van der Waals surface area contributed by atoms with Crippen molar-refractivity contribution < 1.29 is 13.7 Å². The van der Waals surface area contributed by atoms with E-state index in [1.54, 1.807) is 6.07 Å². The number of hydrogen-bond donors (Lipinski definition) is 0. The van der Waals surface area contributed by atoms with E-state index in [9.17, 15) is 4.39 Å². The lowest BCUT2D eigenvalue weighted by Gasteiger charge is -2.32. The molecule has 1 fully saturated rings. The molecule has 1 aliphatic heterocycles. The highest BCUT2D eigenvalue weighted by atomic mass is 19.1. The standard InChI is InChI=1S/C15H23BFNO2/c1-13(2,3)11-8-10(9-18-12(11)17)16-19-14(4,5)15(6,7)20-16/h8-9H,1-7H3. The number of aromatic nitrogens is 1. The highest BCUT2D eigenvalue weighted by Gasteiger charge is 2.52. The van der Waals surface area contributed by atoms with Crippen LogP contribution in [0.2, 0.25) is 0 Å². The number of rotatable bonds is 1. The largest absolute Gasteiger partial charge is 0.496 e. The molecule has 1 saturated heterocycles. The van der Waals surface area contributed by atoms with E-state index in [1.807, 2.05) is 48.5 Å². The maximum Gasteiger partial charge on any atom is 0.496 e. The topological polar surface area (TPSA) is 31.4 Å². The Labute approximate surface area is 121 Å². The number of pyridine rings is 1. The maximum absolute atomic E-state index is 13.9. The first kappa shape index (κ1) is 15.5. The summed E-state index contributed by atoms with van der Waals surface area (Å²) >= 11 is 0. The number of nitrogens with zero attached hydrogens (tertiary/aromatic N) is 1. The minimum atomic E-state index is -0.505. The van der Waals surface area contributed by atoms with Gasteiger partial charge < -0.3 is 9.31 Å². The van der Waals surface area contributed by atoms with E-state index in [0.29, 0.717) is 5.56 Å². The average molecular weight is 279 g/mol. The summed E-state index contributed by atoms with van der Waals surface area (Å²) in [6.07, 6.45) is 1.49. The van der Waals surface area contributed by atoms with Crippen LogP contribution in [0.3, 0.4) is 0 Å². The van der Waals surface area contributed by atoms with E-state index in [4.69, 9.17) is 9.31 Å². The van der Waals surface area contributed by atoms with Crippen molar-refractivity contribution in [3.8, 4) is 0 Å². The van der Waals surface area contributed by atoms with Crippen molar-refractivity contribution in [1.82, 2.24) is 4.98 Å². The third kappa shape index (κ3) is 2.61. The molecule has 2 heterocycles. The van der Waals surface area contributed by atoms with Crippen molar-refractivity contribution in [2.24, 2.45) is 0 Å². The molecule has 110 valence electrons. The molecule has 1 aromatic heterocycles. The SMILES string of the molecule is CC(C)(C)c1cc(B2OC(C)(C)C(C)(C)O2)cnc1F. The van der Waals surface area contributed by atoms with Crippen molar-refractivity contribution in [3.05, 3.63) is 23.8 Å². The Morgan fingerprint density at radius 2 is 1.60 bits per heavy atom. The lowest BCUT2D eigenvalue weighted by atomic mass is 9.77. The molecule has 0 radical (unpaired) electrons. The smallest absolute Gasteiger partial charge is 0.399 e. The fraction of sp³-hybridized carbons (Fsp3) is 0.667. The molecule has 0 N–H and O–H groups in total. The summed E-state index contributed by atoms with van der Waals surface area (Å²) in [6.45, 7) is 13.9. The summed E-state index contributed by atoms with van der Waals surface area (Å²) in [5, 5.41) is 0. The van der Waals surface area contributed by atoms with Gasteiger partial charge in [-0.05, 0) is 33.1 Å². The highest BCUT2D eigenvalue weighted by molar-refractivity contribution is 6.62. The first-order valence-electron chi connectivity index (χ1n) is 6.96. The highest BCUT2D eigenvalue weighted by Crippen LogP contribution is 2.36. The van der Waals surface area contributed by atoms with Gasteiger partial charge in [0.15, 0.2) is 0 Å². The molecule has 0 atom stereocenters. The molecule has 0 spiro atoms. The van der Waals surface area contributed by atoms with Gasteiger partial charge in [-0.3, -0.25) is 0 Å². The van der Waals surface area contributed by atoms with Crippen LogP contribution >= 0.6 is 0 Å². The Hall–Kier alpha value is -0.935. The molecule has 0 saturated carbocycles. The lowest BCUT2D eigenvalue weighted by Crippen LogP contribution is -2.41. The van der Waals surface area contributed by atoms with Crippen LogP contribution in [0.25, 0.3) is 0 Å². The van der Waals surface area contributed by atoms with Crippen LogP contribution in [0.1, 0.15) is 54.0 Å². The molecule has 2 rings (SSSR count). The van der Waals surface area contributed by atoms with Gasteiger partial charge in [0, 0.05) is 17.2 Å². The molecule has 0 amide bonds. The van der Waals surface area contributed by atoms with Gasteiger partial charge >= 0.3 is 7.12 Å². The quantitative estimate of drug-likeness (QED) is 0.585. The molecular formula is C15H23BFNO2. The summed E-state index contributed by atoms with van der Waals surface area (Å²) in [7, 11) is -0.505. The molecule has 3 nitrogen and oxygen atoms in total. The van der Waals surface area contributed by atoms with Gasteiger partial charge in [-0.15, -0.1) is 0 Å². The zero-order valence-corrected chi connectivity index (χ0v) is 13.4. The fourth-order valence-electron chi connectivity index (χ4n) is 2.10. The van der Waals surface area contributed by atoms with Crippen molar-refractivity contribution in [2.75, 3.05) is 0 Å². The second-order valence-corrected chi connectivity index (χ2v) is 7.45. The lowest BCUT2D eigenvalue weighted by molar-refractivity contribution is 0.00578. The number of halogens is 1.